The molecule has 6 heteroatoms. The Morgan fingerprint density at radius 1 is 0.867 bits per heavy atom. The first-order valence-corrected chi connectivity index (χ1v) is 10.2. The molecule has 0 aliphatic carbocycles. The van der Waals surface area contributed by atoms with Gasteiger partial charge in [0.2, 0.25) is 0 Å². The van der Waals surface area contributed by atoms with Gasteiger partial charge in [0.05, 0.1) is 25.5 Å². The molecule has 1 N–H and O–H groups in total. The maximum atomic E-state index is 12.7. The number of aromatic nitrogens is 1. The molecule has 150 valence electrons. The lowest BCUT2D eigenvalue weighted by Gasteiger charge is -2.09. The Hall–Kier alpha value is -3.64. The number of carbonyl (C=O) groups is 1. The van der Waals surface area contributed by atoms with Crippen LogP contribution < -0.4 is 14.8 Å². The summed E-state index contributed by atoms with van der Waals surface area (Å²) in [5.41, 5.74) is 4.51. The number of hydrogen-bond acceptors (Lipinski definition) is 5. The van der Waals surface area contributed by atoms with E-state index in [-0.39, 0.29) is 5.91 Å². The van der Waals surface area contributed by atoms with Crippen LogP contribution in [0.25, 0.3) is 22.4 Å². The molecule has 0 saturated carbocycles. The summed E-state index contributed by atoms with van der Waals surface area (Å²) in [7, 11) is 3.08. The molecule has 0 saturated heterocycles. The Kier molecular flexibility index (Phi) is 5.77. The van der Waals surface area contributed by atoms with Gasteiger partial charge in [-0.25, -0.2) is 4.98 Å². The fourth-order valence-electron chi connectivity index (χ4n) is 3.08. The van der Waals surface area contributed by atoms with Crippen LogP contribution in [0.1, 0.15) is 10.4 Å². The van der Waals surface area contributed by atoms with Gasteiger partial charge in [0.1, 0.15) is 11.5 Å². The number of nitrogens with zero attached hydrogens (tertiary/aromatic N) is 1. The predicted molar refractivity (Wildman–Crippen MR) is 120 cm³/mol. The molecule has 0 fully saturated rings. The number of nitrogens with one attached hydrogen (secondary N) is 1. The standard InChI is InChI=1S/C24H20N2O3S/c1-28-19-12-13-22(29-2)20(14-19)23(27)26-24-25-21(15-30-24)18-10-8-17(9-11-18)16-6-4-3-5-7-16/h3-15H,1-2H3,(H,25,26,27). The molecule has 0 aliphatic rings. The van der Waals surface area contributed by atoms with Gasteiger partial charge in [-0.3, -0.25) is 10.1 Å². The number of benzene rings is 3. The molecule has 0 unspecified atom stereocenters. The third kappa shape index (κ3) is 4.18. The number of carbonyl (C=O) groups excluding carboxylic acids is 1. The van der Waals surface area contributed by atoms with Crippen LogP contribution in [0.5, 0.6) is 11.5 Å². The summed E-state index contributed by atoms with van der Waals surface area (Å²) in [6, 6.07) is 23.5. The maximum absolute atomic E-state index is 12.7. The molecule has 4 aromatic rings. The number of thiazole rings is 1. The van der Waals surface area contributed by atoms with Crippen molar-refractivity contribution >= 4 is 22.4 Å². The van der Waals surface area contributed by atoms with Gasteiger partial charge in [-0.1, -0.05) is 54.6 Å². The normalized spacial score (nSPS) is 10.5. The van der Waals surface area contributed by atoms with Gasteiger partial charge in [0.15, 0.2) is 5.13 Å². The number of anilines is 1. The van der Waals surface area contributed by atoms with Crippen molar-refractivity contribution in [3.05, 3.63) is 83.7 Å². The first kappa shape index (κ1) is 19.7. The fraction of sp³-hybridized carbons (Fsp3) is 0.0833. The Labute approximate surface area is 178 Å². The molecular weight excluding hydrogens is 396 g/mol. The minimum Gasteiger partial charge on any atom is -0.497 e. The van der Waals surface area contributed by atoms with Gasteiger partial charge in [-0.05, 0) is 29.3 Å². The van der Waals surface area contributed by atoms with E-state index in [1.807, 2.05) is 35.7 Å². The molecule has 1 heterocycles. The topological polar surface area (TPSA) is 60.5 Å². The van der Waals surface area contributed by atoms with Crippen LogP contribution in [0, 0.1) is 0 Å². The van der Waals surface area contributed by atoms with Crippen LogP contribution >= 0.6 is 11.3 Å². The van der Waals surface area contributed by atoms with Crippen molar-refractivity contribution in [1.82, 2.24) is 4.98 Å². The molecule has 30 heavy (non-hydrogen) atoms. The van der Waals surface area contributed by atoms with Crippen LogP contribution in [0.15, 0.2) is 78.2 Å². The zero-order valence-corrected chi connectivity index (χ0v) is 17.4. The molecule has 4 rings (SSSR count). The van der Waals surface area contributed by atoms with Crippen molar-refractivity contribution in [3.63, 3.8) is 0 Å². The van der Waals surface area contributed by atoms with Crippen molar-refractivity contribution in [2.75, 3.05) is 19.5 Å². The van der Waals surface area contributed by atoms with E-state index in [0.29, 0.717) is 22.2 Å². The lowest BCUT2D eigenvalue weighted by Crippen LogP contribution is -2.13. The van der Waals surface area contributed by atoms with E-state index in [0.717, 1.165) is 16.8 Å². The molecule has 0 atom stereocenters. The summed E-state index contributed by atoms with van der Waals surface area (Å²) in [6.45, 7) is 0. The van der Waals surface area contributed by atoms with Gasteiger partial charge >= 0.3 is 0 Å². The van der Waals surface area contributed by atoms with E-state index in [4.69, 9.17) is 9.47 Å². The van der Waals surface area contributed by atoms with E-state index in [1.165, 1.54) is 24.0 Å². The van der Waals surface area contributed by atoms with Crippen LogP contribution in [0.4, 0.5) is 5.13 Å². The average molecular weight is 417 g/mol. The zero-order chi connectivity index (χ0) is 20.9. The maximum Gasteiger partial charge on any atom is 0.261 e. The van der Waals surface area contributed by atoms with Crippen molar-refractivity contribution in [3.8, 4) is 33.9 Å². The number of hydrogen-bond donors (Lipinski definition) is 1. The number of amides is 1. The average Bonchev–Trinajstić information content (AvgIpc) is 3.27. The molecule has 0 spiro atoms. The van der Waals surface area contributed by atoms with E-state index in [1.54, 1.807) is 25.3 Å². The first-order chi connectivity index (χ1) is 14.7. The summed E-state index contributed by atoms with van der Waals surface area (Å²) in [5, 5.41) is 5.29. The van der Waals surface area contributed by atoms with Gasteiger partial charge < -0.3 is 9.47 Å². The predicted octanol–water partition coefficient (Wildman–Crippen LogP) is 5.75. The highest BCUT2D eigenvalue weighted by molar-refractivity contribution is 7.14. The Bertz CT molecular complexity index is 1150. The lowest BCUT2D eigenvalue weighted by atomic mass is 10.0. The Balaban J connectivity index is 1.51. The minimum atomic E-state index is -0.300. The molecule has 3 aromatic carbocycles. The molecule has 1 aromatic heterocycles. The molecule has 5 nitrogen and oxygen atoms in total. The largest absolute Gasteiger partial charge is 0.497 e. The van der Waals surface area contributed by atoms with Gasteiger partial charge in [-0.15, -0.1) is 11.3 Å². The molecule has 0 bridgehead atoms. The fourth-order valence-corrected chi connectivity index (χ4v) is 3.80. The lowest BCUT2D eigenvalue weighted by molar-refractivity contribution is 0.102. The van der Waals surface area contributed by atoms with Gasteiger partial charge in [0, 0.05) is 10.9 Å². The summed E-state index contributed by atoms with van der Waals surface area (Å²) in [4.78, 5) is 17.3. The molecule has 1 amide bonds. The Morgan fingerprint density at radius 2 is 1.57 bits per heavy atom. The van der Waals surface area contributed by atoms with Crippen molar-refractivity contribution in [2.45, 2.75) is 0 Å². The molecule has 0 radical (unpaired) electrons. The summed E-state index contributed by atoms with van der Waals surface area (Å²) < 4.78 is 10.5. The monoisotopic (exact) mass is 416 g/mol. The third-order valence-corrected chi connectivity index (χ3v) is 5.42. The summed E-state index contributed by atoms with van der Waals surface area (Å²) in [6.07, 6.45) is 0. The highest BCUT2D eigenvalue weighted by Gasteiger charge is 2.16. The summed E-state index contributed by atoms with van der Waals surface area (Å²) >= 11 is 1.38. The van der Waals surface area contributed by atoms with Gasteiger partial charge in [-0.2, -0.15) is 0 Å². The number of rotatable bonds is 6. The number of methoxy groups -OCH3 is 2. The SMILES string of the molecule is COc1ccc(OC)c(C(=O)Nc2nc(-c3ccc(-c4ccccc4)cc3)cs2)c1. The van der Waals surface area contributed by atoms with E-state index in [9.17, 15) is 4.79 Å². The van der Waals surface area contributed by atoms with Crippen LogP contribution in [0.2, 0.25) is 0 Å². The summed E-state index contributed by atoms with van der Waals surface area (Å²) in [5.74, 6) is 0.756. The van der Waals surface area contributed by atoms with Crippen molar-refractivity contribution in [2.24, 2.45) is 0 Å². The zero-order valence-electron chi connectivity index (χ0n) is 16.6. The smallest absolute Gasteiger partial charge is 0.261 e. The van der Waals surface area contributed by atoms with E-state index < -0.39 is 0 Å². The molecule has 0 aliphatic heterocycles. The van der Waals surface area contributed by atoms with Crippen LogP contribution in [-0.4, -0.2) is 25.1 Å². The first-order valence-electron chi connectivity index (χ1n) is 9.32. The van der Waals surface area contributed by atoms with Crippen molar-refractivity contribution in [1.29, 1.82) is 0 Å². The Morgan fingerprint density at radius 3 is 2.27 bits per heavy atom. The molecular formula is C24H20N2O3S. The second kappa shape index (κ2) is 8.80. The quantitative estimate of drug-likeness (QED) is 0.435. The highest BCUT2D eigenvalue weighted by atomic mass is 32.1. The van der Waals surface area contributed by atoms with E-state index >= 15 is 0 Å². The highest BCUT2D eigenvalue weighted by Crippen LogP contribution is 2.29. The third-order valence-electron chi connectivity index (χ3n) is 4.66. The second-order valence-corrected chi connectivity index (χ2v) is 7.36. The van der Waals surface area contributed by atoms with Crippen LogP contribution in [-0.2, 0) is 0 Å². The second-order valence-electron chi connectivity index (χ2n) is 6.50. The van der Waals surface area contributed by atoms with Crippen molar-refractivity contribution < 1.29 is 14.3 Å². The van der Waals surface area contributed by atoms with Crippen LogP contribution in [0.3, 0.4) is 0 Å². The van der Waals surface area contributed by atoms with E-state index in [2.05, 4.69) is 34.6 Å². The van der Waals surface area contributed by atoms with Gasteiger partial charge in [0.25, 0.3) is 5.91 Å². The minimum absolute atomic E-state index is 0.300. The number of ether oxygens (including phenoxy) is 2.